The molecular formula is C21H23NO5. The van der Waals surface area contributed by atoms with Gasteiger partial charge in [-0.25, -0.2) is 4.79 Å². The maximum atomic E-state index is 12.3. The summed E-state index contributed by atoms with van der Waals surface area (Å²) in [5.74, 6) is 0.273. The molecule has 0 aromatic heterocycles. The zero-order valence-electron chi connectivity index (χ0n) is 15.5. The highest BCUT2D eigenvalue weighted by atomic mass is 16.5. The van der Waals surface area contributed by atoms with Crippen LogP contribution in [0.2, 0.25) is 0 Å². The van der Waals surface area contributed by atoms with Crippen molar-refractivity contribution in [2.24, 2.45) is 0 Å². The summed E-state index contributed by atoms with van der Waals surface area (Å²) in [4.78, 5) is 23.6. The van der Waals surface area contributed by atoms with E-state index in [-0.39, 0.29) is 30.5 Å². The topological polar surface area (TPSA) is 84.9 Å². The van der Waals surface area contributed by atoms with Gasteiger partial charge in [-0.3, -0.25) is 4.79 Å². The Morgan fingerprint density at radius 1 is 1.26 bits per heavy atom. The van der Waals surface area contributed by atoms with Crippen molar-refractivity contribution in [3.05, 3.63) is 58.7 Å². The molecule has 0 bridgehead atoms. The second-order valence-corrected chi connectivity index (χ2v) is 6.55. The van der Waals surface area contributed by atoms with Crippen LogP contribution in [0.5, 0.6) is 11.5 Å². The Morgan fingerprint density at radius 2 is 2.04 bits per heavy atom. The lowest BCUT2D eigenvalue weighted by Gasteiger charge is -2.14. The Kier molecular flexibility index (Phi) is 5.64. The summed E-state index contributed by atoms with van der Waals surface area (Å²) in [7, 11) is 0. The normalized spacial score (nSPS) is 15.0. The predicted octanol–water partition coefficient (Wildman–Crippen LogP) is 2.97. The lowest BCUT2D eigenvalue weighted by atomic mass is 10.0. The highest BCUT2D eigenvalue weighted by Gasteiger charge is 2.22. The third kappa shape index (κ3) is 4.39. The smallest absolute Gasteiger partial charge is 0.335 e. The van der Waals surface area contributed by atoms with Crippen molar-refractivity contribution in [3.8, 4) is 11.5 Å². The second kappa shape index (κ2) is 8.12. The van der Waals surface area contributed by atoms with Crippen LogP contribution in [0.1, 0.15) is 40.9 Å². The van der Waals surface area contributed by atoms with E-state index in [0.29, 0.717) is 12.2 Å². The minimum atomic E-state index is -1.04. The SMILES string of the molecule is CCOc1cc2c(cc1CNC(=O)Cc1ccccc1C(=O)O)OC(C)C2. The van der Waals surface area contributed by atoms with Crippen LogP contribution in [0.4, 0.5) is 0 Å². The molecule has 0 aliphatic carbocycles. The quantitative estimate of drug-likeness (QED) is 0.784. The second-order valence-electron chi connectivity index (χ2n) is 6.55. The van der Waals surface area contributed by atoms with E-state index >= 15 is 0 Å². The molecule has 0 fully saturated rings. The molecule has 0 saturated heterocycles. The summed E-state index contributed by atoms with van der Waals surface area (Å²) < 4.78 is 11.5. The van der Waals surface area contributed by atoms with Gasteiger partial charge >= 0.3 is 5.97 Å². The number of carbonyl (C=O) groups is 2. The molecule has 1 aliphatic heterocycles. The number of ether oxygens (including phenoxy) is 2. The summed E-state index contributed by atoms with van der Waals surface area (Å²) in [6.07, 6.45) is 0.977. The van der Waals surface area contributed by atoms with Gasteiger partial charge in [0, 0.05) is 24.1 Å². The third-order valence-corrected chi connectivity index (χ3v) is 4.45. The Hall–Kier alpha value is -3.02. The van der Waals surface area contributed by atoms with Gasteiger partial charge in [0.1, 0.15) is 17.6 Å². The van der Waals surface area contributed by atoms with Gasteiger partial charge in [0.15, 0.2) is 0 Å². The summed E-state index contributed by atoms with van der Waals surface area (Å²) in [6.45, 7) is 4.75. The maximum absolute atomic E-state index is 12.3. The Morgan fingerprint density at radius 3 is 2.78 bits per heavy atom. The van der Waals surface area contributed by atoms with Crippen molar-refractivity contribution in [2.75, 3.05) is 6.61 Å². The molecule has 2 N–H and O–H groups in total. The summed E-state index contributed by atoms with van der Waals surface area (Å²) in [5.41, 5.74) is 2.57. The number of amides is 1. The van der Waals surface area contributed by atoms with Crippen molar-refractivity contribution in [2.45, 2.75) is 39.3 Å². The van der Waals surface area contributed by atoms with Crippen molar-refractivity contribution in [3.63, 3.8) is 0 Å². The monoisotopic (exact) mass is 369 g/mol. The minimum Gasteiger partial charge on any atom is -0.494 e. The van der Waals surface area contributed by atoms with Gasteiger partial charge in [0.25, 0.3) is 0 Å². The summed E-state index contributed by atoms with van der Waals surface area (Å²) in [6, 6.07) is 10.4. The fourth-order valence-electron chi connectivity index (χ4n) is 3.22. The maximum Gasteiger partial charge on any atom is 0.335 e. The van der Waals surface area contributed by atoms with E-state index in [1.165, 1.54) is 6.07 Å². The van der Waals surface area contributed by atoms with Crippen molar-refractivity contribution < 1.29 is 24.2 Å². The number of aromatic carboxylic acids is 1. The number of rotatable bonds is 7. The largest absolute Gasteiger partial charge is 0.494 e. The first kappa shape index (κ1) is 18.8. The number of benzene rings is 2. The van der Waals surface area contributed by atoms with Gasteiger partial charge in [0.05, 0.1) is 18.6 Å². The molecule has 142 valence electrons. The highest BCUT2D eigenvalue weighted by Crippen LogP contribution is 2.35. The van der Waals surface area contributed by atoms with Crippen LogP contribution in [0.3, 0.4) is 0 Å². The molecule has 1 unspecified atom stereocenters. The molecule has 2 aromatic carbocycles. The minimum absolute atomic E-state index is 0.00488. The fourth-order valence-corrected chi connectivity index (χ4v) is 3.22. The van der Waals surface area contributed by atoms with Gasteiger partial charge in [-0.05, 0) is 37.6 Å². The van der Waals surface area contributed by atoms with Crippen molar-refractivity contribution in [1.82, 2.24) is 5.32 Å². The molecule has 1 aliphatic rings. The summed E-state index contributed by atoms with van der Waals surface area (Å²) >= 11 is 0. The first-order valence-corrected chi connectivity index (χ1v) is 9.01. The number of carbonyl (C=O) groups excluding carboxylic acids is 1. The van der Waals surface area contributed by atoms with E-state index in [9.17, 15) is 14.7 Å². The molecule has 6 nitrogen and oxygen atoms in total. The summed E-state index contributed by atoms with van der Waals surface area (Å²) in [5, 5.41) is 12.1. The number of carboxylic acid groups (broad SMARTS) is 1. The molecule has 1 heterocycles. The first-order valence-electron chi connectivity index (χ1n) is 9.01. The van der Waals surface area contributed by atoms with E-state index in [4.69, 9.17) is 9.47 Å². The van der Waals surface area contributed by atoms with E-state index in [1.54, 1.807) is 18.2 Å². The lowest BCUT2D eigenvalue weighted by Crippen LogP contribution is -2.25. The van der Waals surface area contributed by atoms with Crippen LogP contribution in [0.15, 0.2) is 36.4 Å². The average Bonchev–Trinajstić information content (AvgIpc) is 2.99. The standard InChI is InChI=1S/C21H23NO5/c1-3-26-18-9-15-8-13(2)27-19(15)10-16(18)12-22-20(23)11-14-6-4-5-7-17(14)21(24)25/h4-7,9-10,13H,3,8,11-12H2,1-2H3,(H,22,23)(H,24,25). The molecular weight excluding hydrogens is 346 g/mol. The van der Waals surface area contributed by atoms with E-state index in [1.807, 2.05) is 26.0 Å². The van der Waals surface area contributed by atoms with Crippen LogP contribution in [-0.2, 0) is 24.2 Å². The molecule has 27 heavy (non-hydrogen) atoms. The van der Waals surface area contributed by atoms with Crippen molar-refractivity contribution >= 4 is 11.9 Å². The number of hydrogen-bond donors (Lipinski definition) is 2. The number of nitrogens with one attached hydrogen (secondary N) is 1. The first-order chi connectivity index (χ1) is 13.0. The highest BCUT2D eigenvalue weighted by molar-refractivity contribution is 5.91. The fraction of sp³-hybridized carbons (Fsp3) is 0.333. The molecule has 1 atom stereocenters. The Labute approximate surface area is 158 Å². The average molecular weight is 369 g/mol. The van der Waals surface area contributed by atoms with Gasteiger partial charge in [-0.1, -0.05) is 18.2 Å². The number of fused-ring (bicyclic) bond motifs is 1. The molecule has 2 aromatic rings. The van der Waals surface area contributed by atoms with Gasteiger partial charge < -0.3 is 19.9 Å². The van der Waals surface area contributed by atoms with Crippen LogP contribution < -0.4 is 14.8 Å². The molecule has 6 heteroatoms. The van der Waals surface area contributed by atoms with Crippen LogP contribution >= 0.6 is 0 Å². The van der Waals surface area contributed by atoms with Crippen molar-refractivity contribution in [1.29, 1.82) is 0 Å². The van der Waals surface area contributed by atoms with E-state index in [0.717, 1.165) is 29.0 Å². The Balaban J connectivity index is 1.70. The van der Waals surface area contributed by atoms with E-state index in [2.05, 4.69) is 5.32 Å². The van der Waals surface area contributed by atoms with Gasteiger partial charge in [-0.2, -0.15) is 0 Å². The molecule has 0 radical (unpaired) electrons. The number of hydrogen-bond acceptors (Lipinski definition) is 4. The van der Waals surface area contributed by atoms with Crippen LogP contribution in [0, 0.1) is 0 Å². The van der Waals surface area contributed by atoms with Gasteiger partial charge in [0.2, 0.25) is 5.91 Å². The van der Waals surface area contributed by atoms with Crippen LogP contribution in [-0.4, -0.2) is 29.7 Å². The third-order valence-electron chi connectivity index (χ3n) is 4.45. The predicted molar refractivity (Wildman–Crippen MR) is 100 cm³/mol. The van der Waals surface area contributed by atoms with Crippen LogP contribution in [0.25, 0.3) is 0 Å². The molecule has 0 saturated carbocycles. The lowest BCUT2D eigenvalue weighted by molar-refractivity contribution is -0.120. The molecule has 0 spiro atoms. The molecule has 1 amide bonds. The number of carboxylic acids is 1. The zero-order chi connectivity index (χ0) is 19.4. The Bertz CT molecular complexity index is 862. The van der Waals surface area contributed by atoms with Gasteiger partial charge in [-0.15, -0.1) is 0 Å². The zero-order valence-corrected chi connectivity index (χ0v) is 15.5. The molecule has 3 rings (SSSR count). The van der Waals surface area contributed by atoms with E-state index < -0.39 is 5.97 Å².